The van der Waals surface area contributed by atoms with Crippen molar-refractivity contribution in [3.05, 3.63) is 35.9 Å². The maximum atomic E-state index is 9.93. The summed E-state index contributed by atoms with van der Waals surface area (Å²) < 4.78 is 5.95. The summed E-state index contributed by atoms with van der Waals surface area (Å²) in [6.45, 7) is 9.90. The monoisotopic (exact) mass is 279 g/mol. The molecule has 0 aliphatic rings. The molecule has 3 heteroatoms. The average molecular weight is 279 g/mol. The number of rotatable bonds is 9. The highest BCUT2D eigenvalue weighted by Crippen LogP contribution is 2.26. The molecule has 114 valence electrons. The van der Waals surface area contributed by atoms with Crippen LogP contribution in [0.3, 0.4) is 0 Å². The van der Waals surface area contributed by atoms with Gasteiger partial charge >= 0.3 is 0 Å². The van der Waals surface area contributed by atoms with Crippen molar-refractivity contribution in [2.45, 2.75) is 51.7 Å². The number of benzene rings is 1. The van der Waals surface area contributed by atoms with E-state index < -0.39 is 5.54 Å². The van der Waals surface area contributed by atoms with E-state index in [1.165, 1.54) is 0 Å². The molecule has 0 amide bonds. The summed E-state index contributed by atoms with van der Waals surface area (Å²) in [6.07, 6.45) is 1.73. The van der Waals surface area contributed by atoms with E-state index in [1.807, 2.05) is 18.2 Å². The van der Waals surface area contributed by atoms with Crippen LogP contribution in [0.25, 0.3) is 0 Å². The third-order valence-electron chi connectivity index (χ3n) is 3.98. The normalized spacial score (nSPS) is 15.1. The lowest BCUT2D eigenvalue weighted by Crippen LogP contribution is -2.47. The Hall–Kier alpha value is -0.900. The van der Waals surface area contributed by atoms with Crippen molar-refractivity contribution in [1.82, 2.24) is 5.32 Å². The molecule has 0 aliphatic heterocycles. The number of likely N-dealkylation sites (N-methyl/N-ethyl adjacent to an activating group) is 1. The summed E-state index contributed by atoms with van der Waals surface area (Å²) >= 11 is 0. The van der Waals surface area contributed by atoms with Crippen LogP contribution in [0.2, 0.25) is 0 Å². The van der Waals surface area contributed by atoms with Gasteiger partial charge in [-0.05, 0) is 38.8 Å². The van der Waals surface area contributed by atoms with Crippen LogP contribution < -0.4 is 5.32 Å². The average Bonchev–Trinajstić information content (AvgIpc) is 2.47. The van der Waals surface area contributed by atoms with Crippen molar-refractivity contribution in [2.75, 3.05) is 19.8 Å². The molecule has 0 aliphatic carbocycles. The fraction of sp³-hybridized carbons (Fsp3) is 0.647. The van der Waals surface area contributed by atoms with Crippen molar-refractivity contribution < 1.29 is 9.84 Å². The lowest BCUT2D eigenvalue weighted by atomic mass is 9.87. The number of aliphatic hydroxyl groups excluding tert-OH is 1. The molecule has 0 radical (unpaired) electrons. The van der Waals surface area contributed by atoms with Crippen molar-refractivity contribution in [2.24, 2.45) is 0 Å². The number of aliphatic hydroxyl groups is 1. The molecule has 0 fully saturated rings. The van der Waals surface area contributed by atoms with Crippen LogP contribution in [-0.4, -0.2) is 30.5 Å². The molecule has 2 N–H and O–H groups in total. The minimum absolute atomic E-state index is 0.0702. The maximum Gasteiger partial charge on any atom is 0.0691 e. The Labute approximate surface area is 123 Å². The summed E-state index contributed by atoms with van der Waals surface area (Å²) in [5.74, 6) is 0. The molecule has 1 atom stereocenters. The Morgan fingerprint density at radius 3 is 2.30 bits per heavy atom. The highest BCUT2D eigenvalue weighted by atomic mass is 16.5. The van der Waals surface area contributed by atoms with E-state index in [-0.39, 0.29) is 12.2 Å². The number of hydrogen-bond acceptors (Lipinski definition) is 3. The zero-order chi connectivity index (χ0) is 15.1. The molecular weight excluding hydrogens is 250 g/mol. The first-order valence-electron chi connectivity index (χ1n) is 7.55. The van der Waals surface area contributed by atoms with Crippen molar-refractivity contribution in [1.29, 1.82) is 0 Å². The quantitative estimate of drug-likeness (QED) is 0.730. The first kappa shape index (κ1) is 17.2. The second kappa shape index (κ2) is 7.77. The standard InChI is InChI=1S/C17H29NO2/c1-5-16(3,4)20-13-12-17(14-19,18-6-2)15-10-8-7-9-11-15/h7-11,18-19H,5-6,12-14H2,1-4H3. The van der Waals surface area contributed by atoms with Gasteiger partial charge in [0.25, 0.3) is 0 Å². The van der Waals surface area contributed by atoms with Crippen LogP contribution in [0.5, 0.6) is 0 Å². The third kappa shape index (κ3) is 4.58. The molecule has 1 unspecified atom stereocenters. The Kier molecular flexibility index (Phi) is 6.66. The van der Waals surface area contributed by atoms with Crippen LogP contribution in [0, 0.1) is 0 Å². The van der Waals surface area contributed by atoms with Gasteiger partial charge in [-0.1, -0.05) is 44.2 Å². The van der Waals surface area contributed by atoms with Crippen LogP contribution in [-0.2, 0) is 10.3 Å². The number of hydrogen-bond donors (Lipinski definition) is 2. The maximum absolute atomic E-state index is 9.93. The molecule has 0 bridgehead atoms. The fourth-order valence-corrected chi connectivity index (χ4v) is 2.26. The molecule has 3 nitrogen and oxygen atoms in total. The lowest BCUT2D eigenvalue weighted by molar-refractivity contribution is -0.0340. The highest BCUT2D eigenvalue weighted by molar-refractivity contribution is 5.24. The first-order chi connectivity index (χ1) is 9.49. The Morgan fingerprint density at radius 2 is 1.80 bits per heavy atom. The van der Waals surface area contributed by atoms with Gasteiger partial charge < -0.3 is 15.2 Å². The first-order valence-corrected chi connectivity index (χ1v) is 7.55. The summed E-state index contributed by atoms with van der Waals surface area (Å²) in [5, 5.41) is 13.4. The van der Waals surface area contributed by atoms with Crippen LogP contribution in [0.15, 0.2) is 30.3 Å². The smallest absolute Gasteiger partial charge is 0.0691 e. The van der Waals surface area contributed by atoms with Crippen molar-refractivity contribution in [3.8, 4) is 0 Å². The summed E-state index contributed by atoms with van der Waals surface area (Å²) in [4.78, 5) is 0. The summed E-state index contributed by atoms with van der Waals surface area (Å²) in [7, 11) is 0. The van der Waals surface area contributed by atoms with Gasteiger partial charge in [0.2, 0.25) is 0 Å². The molecule has 0 spiro atoms. The van der Waals surface area contributed by atoms with E-state index in [0.29, 0.717) is 6.61 Å². The van der Waals surface area contributed by atoms with Crippen LogP contribution >= 0.6 is 0 Å². The molecule has 0 saturated carbocycles. The van der Waals surface area contributed by atoms with E-state index in [1.54, 1.807) is 0 Å². The van der Waals surface area contributed by atoms with E-state index >= 15 is 0 Å². The molecule has 0 heterocycles. The summed E-state index contributed by atoms with van der Waals surface area (Å²) in [6, 6.07) is 10.1. The zero-order valence-electron chi connectivity index (χ0n) is 13.3. The van der Waals surface area contributed by atoms with Gasteiger partial charge in [-0.2, -0.15) is 0 Å². The van der Waals surface area contributed by atoms with Gasteiger partial charge in [-0.25, -0.2) is 0 Å². The molecule has 1 rings (SSSR count). The zero-order valence-corrected chi connectivity index (χ0v) is 13.3. The second-order valence-corrected chi connectivity index (χ2v) is 5.85. The predicted molar refractivity (Wildman–Crippen MR) is 83.8 cm³/mol. The Morgan fingerprint density at radius 1 is 1.15 bits per heavy atom. The Bertz CT molecular complexity index is 378. The SMILES string of the molecule is CCNC(CO)(CCOC(C)(C)CC)c1ccccc1. The highest BCUT2D eigenvalue weighted by Gasteiger charge is 2.31. The van der Waals surface area contributed by atoms with Crippen molar-refractivity contribution >= 4 is 0 Å². The van der Waals surface area contributed by atoms with Crippen LogP contribution in [0.1, 0.15) is 46.1 Å². The Balaban J connectivity index is 2.79. The fourth-order valence-electron chi connectivity index (χ4n) is 2.26. The summed E-state index contributed by atoms with van der Waals surface area (Å²) in [5.41, 5.74) is 0.589. The van der Waals surface area contributed by atoms with Gasteiger partial charge in [0.1, 0.15) is 0 Å². The van der Waals surface area contributed by atoms with E-state index in [9.17, 15) is 5.11 Å². The molecule has 1 aromatic carbocycles. The molecule has 0 aromatic heterocycles. The largest absolute Gasteiger partial charge is 0.394 e. The minimum Gasteiger partial charge on any atom is -0.394 e. The van der Waals surface area contributed by atoms with Gasteiger partial charge in [-0.15, -0.1) is 0 Å². The van der Waals surface area contributed by atoms with E-state index in [2.05, 4.69) is 45.1 Å². The van der Waals surface area contributed by atoms with E-state index in [4.69, 9.17) is 4.74 Å². The topological polar surface area (TPSA) is 41.5 Å². The predicted octanol–water partition coefficient (Wildman–Crippen LogP) is 3.08. The second-order valence-electron chi connectivity index (χ2n) is 5.85. The van der Waals surface area contributed by atoms with Crippen molar-refractivity contribution in [3.63, 3.8) is 0 Å². The van der Waals surface area contributed by atoms with Gasteiger partial charge in [0.05, 0.1) is 17.7 Å². The van der Waals surface area contributed by atoms with Gasteiger partial charge in [-0.3, -0.25) is 0 Å². The van der Waals surface area contributed by atoms with Gasteiger partial charge in [0, 0.05) is 6.61 Å². The minimum atomic E-state index is -0.417. The van der Waals surface area contributed by atoms with Crippen LogP contribution in [0.4, 0.5) is 0 Å². The molecule has 20 heavy (non-hydrogen) atoms. The molecule has 0 saturated heterocycles. The lowest BCUT2D eigenvalue weighted by Gasteiger charge is -2.35. The number of nitrogens with one attached hydrogen (secondary N) is 1. The van der Waals surface area contributed by atoms with Gasteiger partial charge in [0.15, 0.2) is 0 Å². The van der Waals surface area contributed by atoms with E-state index in [0.717, 1.165) is 24.9 Å². The molecule has 1 aromatic rings. The third-order valence-corrected chi connectivity index (χ3v) is 3.98. The molecular formula is C17H29NO2. The number of ether oxygens (including phenoxy) is 1.